The van der Waals surface area contributed by atoms with E-state index in [4.69, 9.17) is 11.6 Å². The number of Topliss-reactive ketones (excluding diaryl/α,β-unsaturated/α-hetero) is 1. The highest BCUT2D eigenvalue weighted by atomic mass is 35.5. The second kappa shape index (κ2) is 7.57. The molecule has 0 fully saturated rings. The minimum Gasteiger partial charge on any atom is -0.376 e. The quantitative estimate of drug-likeness (QED) is 0.755. The number of alkyl halides is 3. The number of carbonyl (C=O) groups is 2. The summed E-state index contributed by atoms with van der Waals surface area (Å²) in [5.74, 6) is -0.599. The number of hydrogen-bond acceptors (Lipinski definition) is 3. The average molecular weight is 371 g/mol. The van der Waals surface area contributed by atoms with Gasteiger partial charge in [0.05, 0.1) is 17.1 Å². The third kappa shape index (κ3) is 5.22. The zero-order valence-electron chi connectivity index (χ0n) is 13.1. The number of carbonyl (C=O) groups excluding carboxylic acids is 2. The Morgan fingerprint density at radius 3 is 2.20 bits per heavy atom. The number of rotatable bonds is 5. The van der Waals surface area contributed by atoms with E-state index >= 15 is 0 Å². The molecule has 0 heterocycles. The Morgan fingerprint density at radius 1 is 1.04 bits per heavy atom. The van der Waals surface area contributed by atoms with Gasteiger partial charge >= 0.3 is 6.18 Å². The SMILES string of the molecule is CC(=O)c1ccc(NCC(=O)Nc2ccc(Cl)c(C(F)(F)F)c2)cc1. The van der Waals surface area contributed by atoms with E-state index in [1.807, 2.05) is 0 Å². The molecule has 0 aliphatic heterocycles. The van der Waals surface area contributed by atoms with E-state index in [0.29, 0.717) is 11.3 Å². The molecule has 0 saturated carbocycles. The van der Waals surface area contributed by atoms with Crippen molar-refractivity contribution in [2.24, 2.45) is 0 Å². The lowest BCUT2D eigenvalue weighted by atomic mass is 10.1. The molecule has 2 rings (SSSR count). The number of nitrogens with one attached hydrogen (secondary N) is 2. The molecule has 132 valence electrons. The van der Waals surface area contributed by atoms with Crippen molar-refractivity contribution in [2.75, 3.05) is 17.2 Å². The monoisotopic (exact) mass is 370 g/mol. The van der Waals surface area contributed by atoms with Gasteiger partial charge in [0.2, 0.25) is 5.91 Å². The first-order valence-corrected chi connectivity index (χ1v) is 7.56. The Hall–Kier alpha value is -2.54. The first kappa shape index (κ1) is 18.8. The van der Waals surface area contributed by atoms with Crippen molar-refractivity contribution in [1.29, 1.82) is 0 Å². The predicted molar refractivity (Wildman–Crippen MR) is 90.0 cm³/mol. The zero-order valence-corrected chi connectivity index (χ0v) is 13.8. The Morgan fingerprint density at radius 2 is 1.64 bits per heavy atom. The summed E-state index contributed by atoms with van der Waals surface area (Å²) >= 11 is 5.52. The molecule has 4 nitrogen and oxygen atoms in total. The lowest BCUT2D eigenvalue weighted by Gasteiger charge is -2.12. The summed E-state index contributed by atoms with van der Waals surface area (Å²) in [6, 6.07) is 9.63. The van der Waals surface area contributed by atoms with E-state index in [0.717, 1.165) is 12.1 Å². The number of ketones is 1. The van der Waals surface area contributed by atoms with Crippen LogP contribution < -0.4 is 10.6 Å². The molecule has 25 heavy (non-hydrogen) atoms. The van der Waals surface area contributed by atoms with Gasteiger partial charge in [-0.05, 0) is 49.4 Å². The summed E-state index contributed by atoms with van der Waals surface area (Å²) in [4.78, 5) is 23.0. The second-order valence-electron chi connectivity index (χ2n) is 5.23. The van der Waals surface area contributed by atoms with Crippen molar-refractivity contribution in [1.82, 2.24) is 0 Å². The Balaban J connectivity index is 1.97. The van der Waals surface area contributed by atoms with E-state index in [9.17, 15) is 22.8 Å². The predicted octanol–water partition coefficient (Wildman–Crippen LogP) is 4.61. The molecule has 0 saturated heterocycles. The number of hydrogen-bond donors (Lipinski definition) is 2. The lowest BCUT2D eigenvalue weighted by Crippen LogP contribution is -2.22. The Kier molecular flexibility index (Phi) is 5.69. The van der Waals surface area contributed by atoms with Crippen molar-refractivity contribution >= 4 is 34.7 Å². The van der Waals surface area contributed by atoms with Gasteiger partial charge in [-0.2, -0.15) is 13.2 Å². The first-order valence-electron chi connectivity index (χ1n) is 7.18. The summed E-state index contributed by atoms with van der Waals surface area (Å²) < 4.78 is 38.4. The van der Waals surface area contributed by atoms with Crippen LogP contribution in [-0.4, -0.2) is 18.2 Å². The minimum absolute atomic E-state index is 0.00421. The normalized spacial score (nSPS) is 11.1. The highest BCUT2D eigenvalue weighted by Gasteiger charge is 2.33. The lowest BCUT2D eigenvalue weighted by molar-refractivity contribution is -0.137. The van der Waals surface area contributed by atoms with Crippen LogP contribution in [0.2, 0.25) is 5.02 Å². The molecule has 2 aromatic rings. The Bertz CT molecular complexity index is 789. The van der Waals surface area contributed by atoms with Crippen LogP contribution in [-0.2, 0) is 11.0 Å². The van der Waals surface area contributed by atoms with Gasteiger partial charge in [0.1, 0.15) is 0 Å². The van der Waals surface area contributed by atoms with Gasteiger partial charge in [-0.25, -0.2) is 0 Å². The summed E-state index contributed by atoms with van der Waals surface area (Å²) in [6.45, 7) is 1.29. The fraction of sp³-hybridized carbons (Fsp3) is 0.176. The smallest absolute Gasteiger partial charge is 0.376 e. The molecule has 0 radical (unpaired) electrons. The molecule has 1 amide bonds. The molecule has 2 N–H and O–H groups in total. The largest absolute Gasteiger partial charge is 0.417 e. The van der Waals surface area contributed by atoms with Crippen LogP contribution in [0.1, 0.15) is 22.8 Å². The van der Waals surface area contributed by atoms with Gasteiger partial charge in [0.25, 0.3) is 0 Å². The summed E-state index contributed by atoms with van der Waals surface area (Å²) in [7, 11) is 0. The van der Waals surface area contributed by atoms with Crippen LogP contribution in [0.4, 0.5) is 24.5 Å². The maximum Gasteiger partial charge on any atom is 0.417 e. The maximum absolute atomic E-state index is 12.8. The summed E-state index contributed by atoms with van der Waals surface area (Å²) in [6.07, 6.45) is -4.60. The van der Waals surface area contributed by atoms with Gasteiger partial charge in [0, 0.05) is 16.9 Å². The van der Waals surface area contributed by atoms with E-state index in [2.05, 4.69) is 10.6 Å². The first-order chi connectivity index (χ1) is 11.7. The van der Waals surface area contributed by atoms with Crippen molar-refractivity contribution in [3.05, 3.63) is 58.6 Å². The van der Waals surface area contributed by atoms with E-state index < -0.39 is 22.7 Å². The summed E-state index contributed by atoms with van der Waals surface area (Å²) in [5.41, 5.74) is 0.123. The van der Waals surface area contributed by atoms with Crippen molar-refractivity contribution in [2.45, 2.75) is 13.1 Å². The van der Waals surface area contributed by atoms with Gasteiger partial charge in [0.15, 0.2) is 5.78 Å². The van der Waals surface area contributed by atoms with Crippen LogP contribution in [0.5, 0.6) is 0 Å². The highest BCUT2D eigenvalue weighted by molar-refractivity contribution is 6.31. The molecule has 0 aliphatic rings. The fourth-order valence-corrected chi connectivity index (χ4v) is 2.26. The molecule has 2 aromatic carbocycles. The van der Waals surface area contributed by atoms with Gasteiger partial charge in [-0.3, -0.25) is 9.59 Å². The fourth-order valence-electron chi connectivity index (χ4n) is 2.03. The van der Waals surface area contributed by atoms with Crippen molar-refractivity contribution in [3.63, 3.8) is 0 Å². The molecule has 0 aliphatic carbocycles. The number of benzene rings is 2. The summed E-state index contributed by atoms with van der Waals surface area (Å²) in [5, 5.41) is 4.75. The highest BCUT2D eigenvalue weighted by Crippen LogP contribution is 2.36. The molecule has 0 spiro atoms. The van der Waals surface area contributed by atoms with Crippen LogP contribution in [0, 0.1) is 0 Å². The van der Waals surface area contributed by atoms with E-state index in [-0.39, 0.29) is 18.0 Å². The molecule has 0 unspecified atom stereocenters. The van der Waals surface area contributed by atoms with Crippen LogP contribution >= 0.6 is 11.6 Å². The average Bonchev–Trinajstić information content (AvgIpc) is 2.54. The van der Waals surface area contributed by atoms with Gasteiger partial charge < -0.3 is 10.6 Å². The molecule has 8 heteroatoms. The van der Waals surface area contributed by atoms with E-state index in [1.54, 1.807) is 24.3 Å². The molecule has 0 bridgehead atoms. The third-order valence-electron chi connectivity index (χ3n) is 3.30. The maximum atomic E-state index is 12.8. The van der Waals surface area contributed by atoms with Gasteiger partial charge in [-0.1, -0.05) is 11.6 Å². The van der Waals surface area contributed by atoms with E-state index in [1.165, 1.54) is 13.0 Å². The molecular formula is C17H14ClF3N2O2. The molecule has 0 atom stereocenters. The van der Waals surface area contributed by atoms with Crippen LogP contribution in [0.3, 0.4) is 0 Å². The van der Waals surface area contributed by atoms with Crippen LogP contribution in [0.25, 0.3) is 0 Å². The number of halogens is 4. The van der Waals surface area contributed by atoms with Crippen molar-refractivity contribution < 1.29 is 22.8 Å². The standard InChI is InChI=1S/C17H14ClF3N2O2/c1-10(24)11-2-4-12(5-3-11)22-9-16(25)23-13-6-7-15(18)14(8-13)17(19,20)21/h2-8,22H,9H2,1H3,(H,23,25). The second-order valence-corrected chi connectivity index (χ2v) is 5.63. The number of amides is 1. The minimum atomic E-state index is -4.60. The zero-order chi connectivity index (χ0) is 18.6. The van der Waals surface area contributed by atoms with Crippen LogP contribution in [0.15, 0.2) is 42.5 Å². The third-order valence-corrected chi connectivity index (χ3v) is 3.63. The van der Waals surface area contributed by atoms with Crippen molar-refractivity contribution in [3.8, 4) is 0 Å². The molecular weight excluding hydrogens is 357 g/mol. The van der Waals surface area contributed by atoms with Gasteiger partial charge in [-0.15, -0.1) is 0 Å². The Labute approximate surface area is 147 Å². The number of anilines is 2. The topological polar surface area (TPSA) is 58.2 Å². The molecule has 0 aromatic heterocycles.